The van der Waals surface area contributed by atoms with Gasteiger partial charge >= 0.3 is 5.69 Å². The number of hydrogen-bond acceptors (Lipinski definition) is 6. The second-order valence-electron chi connectivity index (χ2n) is 4.95. The number of hydrogen-bond donors (Lipinski definition) is 4. The Morgan fingerprint density at radius 2 is 1.82 bits per heavy atom. The second-order valence-corrected chi connectivity index (χ2v) is 4.95. The van der Waals surface area contributed by atoms with Crippen LogP contribution in [0.5, 0.6) is 11.5 Å². The number of nitrogens with zero attached hydrogens (tertiary/aromatic N) is 1. The predicted octanol–water partition coefficient (Wildman–Crippen LogP) is 1.61. The van der Waals surface area contributed by atoms with E-state index in [0.29, 0.717) is 0 Å². The number of aliphatic hydroxyl groups is 1. The first-order valence-electron chi connectivity index (χ1n) is 6.58. The first kappa shape index (κ1) is 15.7. The minimum Gasteiger partial charge on any atom is -0.504 e. The summed E-state index contributed by atoms with van der Waals surface area (Å²) in [5.74, 6) is -1.47. The normalized spacial score (nSPS) is 13.5. The molecule has 0 aliphatic carbocycles. The van der Waals surface area contributed by atoms with Crippen LogP contribution in [-0.2, 0) is 6.42 Å². The monoisotopic (exact) mass is 304 g/mol. The van der Waals surface area contributed by atoms with Gasteiger partial charge in [-0.15, -0.1) is 0 Å². The number of rotatable bonds is 5. The summed E-state index contributed by atoms with van der Waals surface area (Å²) in [4.78, 5) is 10.0. The Balaban J connectivity index is 2.25. The van der Waals surface area contributed by atoms with Gasteiger partial charge in [0.15, 0.2) is 5.75 Å². The predicted molar refractivity (Wildman–Crippen MR) is 79.5 cm³/mol. The van der Waals surface area contributed by atoms with E-state index in [9.17, 15) is 25.4 Å². The van der Waals surface area contributed by atoms with E-state index >= 15 is 0 Å². The summed E-state index contributed by atoms with van der Waals surface area (Å²) in [5, 5.41) is 40.0. The van der Waals surface area contributed by atoms with Crippen LogP contribution < -0.4 is 5.73 Å². The number of nitro groups is 1. The Labute approximate surface area is 126 Å². The Morgan fingerprint density at radius 1 is 1.18 bits per heavy atom. The Morgan fingerprint density at radius 3 is 2.41 bits per heavy atom. The lowest BCUT2D eigenvalue weighted by Crippen LogP contribution is -2.28. The smallest absolute Gasteiger partial charge is 0.314 e. The van der Waals surface area contributed by atoms with Gasteiger partial charge in [-0.25, -0.2) is 0 Å². The van der Waals surface area contributed by atoms with Gasteiger partial charge in [-0.2, -0.15) is 0 Å². The Kier molecular flexibility index (Phi) is 4.59. The topological polar surface area (TPSA) is 130 Å². The van der Waals surface area contributed by atoms with E-state index in [2.05, 4.69) is 0 Å². The highest BCUT2D eigenvalue weighted by Gasteiger charge is 2.24. The molecule has 0 saturated carbocycles. The zero-order chi connectivity index (χ0) is 16.3. The van der Waals surface area contributed by atoms with Crippen molar-refractivity contribution in [2.75, 3.05) is 0 Å². The van der Waals surface area contributed by atoms with E-state index in [1.54, 1.807) is 0 Å². The van der Waals surface area contributed by atoms with E-state index < -0.39 is 34.3 Å². The lowest BCUT2D eigenvalue weighted by molar-refractivity contribution is -0.386. The van der Waals surface area contributed by atoms with Crippen LogP contribution in [0.2, 0.25) is 0 Å². The van der Waals surface area contributed by atoms with Crippen molar-refractivity contribution in [1.82, 2.24) is 0 Å². The summed E-state index contributed by atoms with van der Waals surface area (Å²) in [6.07, 6.45) is -0.733. The molecule has 22 heavy (non-hydrogen) atoms. The Hall–Kier alpha value is -2.64. The highest BCUT2D eigenvalue weighted by atomic mass is 16.6. The van der Waals surface area contributed by atoms with Gasteiger partial charge in [-0.3, -0.25) is 10.1 Å². The number of aromatic hydroxyl groups is 2. The first-order chi connectivity index (χ1) is 10.4. The van der Waals surface area contributed by atoms with E-state index in [1.807, 2.05) is 30.3 Å². The zero-order valence-corrected chi connectivity index (χ0v) is 11.6. The van der Waals surface area contributed by atoms with E-state index in [0.717, 1.165) is 17.7 Å². The number of aliphatic hydroxyl groups excluding tert-OH is 1. The highest BCUT2D eigenvalue weighted by molar-refractivity contribution is 5.57. The lowest BCUT2D eigenvalue weighted by Gasteiger charge is -2.19. The molecule has 0 radical (unpaired) electrons. The summed E-state index contributed by atoms with van der Waals surface area (Å²) in [6, 6.07) is 10.4. The number of phenolic OH excluding ortho intramolecular Hbond substituents is 2. The van der Waals surface area contributed by atoms with Crippen molar-refractivity contribution >= 4 is 5.69 Å². The van der Waals surface area contributed by atoms with Gasteiger partial charge in [-0.05, 0) is 17.2 Å². The van der Waals surface area contributed by atoms with Crippen LogP contribution in [0.4, 0.5) is 5.69 Å². The van der Waals surface area contributed by atoms with Crippen molar-refractivity contribution in [3.63, 3.8) is 0 Å². The Bertz CT molecular complexity index is 675. The molecule has 7 heteroatoms. The molecule has 2 atom stereocenters. The third kappa shape index (κ3) is 3.33. The van der Waals surface area contributed by atoms with Crippen molar-refractivity contribution in [3.8, 4) is 11.5 Å². The second kappa shape index (κ2) is 6.42. The molecule has 0 amide bonds. The molecule has 116 valence electrons. The quantitative estimate of drug-likeness (QED) is 0.377. The molecule has 2 rings (SSSR count). The molecule has 0 saturated heterocycles. The van der Waals surface area contributed by atoms with E-state index in [1.165, 1.54) is 0 Å². The summed E-state index contributed by atoms with van der Waals surface area (Å²) >= 11 is 0. The van der Waals surface area contributed by atoms with Crippen molar-refractivity contribution in [1.29, 1.82) is 0 Å². The van der Waals surface area contributed by atoms with Crippen LogP contribution in [0.25, 0.3) is 0 Å². The molecular formula is C15H16N2O5. The van der Waals surface area contributed by atoms with Gasteiger partial charge in [0.25, 0.3) is 0 Å². The van der Waals surface area contributed by atoms with Crippen LogP contribution in [-0.4, -0.2) is 26.3 Å². The highest BCUT2D eigenvalue weighted by Crippen LogP contribution is 2.38. The maximum absolute atomic E-state index is 10.8. The molecule has 0 bridgehead atoms. The summed E-state index contributed by atoms with van der Waals surface area (Å²) < 4.78 is 0. The first-order valence-corrected chi connectivity index (χ1v) is 6.58. The molecule has 0 fully saturated rings. The van der Waals surface area contributed by atoms with Gasteiger partial charge in [0.1, 0.15) is 0 Å². The van der Waals surface area contributed by atoms with Crippen LogP contribution in [0.1, 0.15) is 17.2 Å². The van der Waals surface area contributed by atoms with E-state index in [-0.39, 0.29) is 12.0 Å². The molecular weight excluding hydrogens is 288 g/mol. The number of phenols is 2. The lowest BCUT2D eigenvalue weighted by atomic mass is 9.96. The van der Waals surface area contributed by atoms with Crippen LogP contribution in [0, 0.1) is 10.1 Å². The van der Waals surface area contributed by atoms with Crippen molar-refractivity contribution in [2.24, 2.45) is 5.73 Å². The van der Waals surface area contributed by atoms with Crippen molar-refractivity contribution in [2.45, 2.75) is 18.6 Å². The van der Waals surface area contributed by atoms with Gasteiger partial charge in [-0.1, -0.05) is 30.3 Å². The van der Waals surface area contributed by atoms with Crippen LogP contribution >= 0.6 is 0 Å². The summed E-state index contributed by atoms with van der Waals surface area (Å²) in [5.41, 5.74) is 6.29. The largest absolute Gasteiger partial charge is 0.504 e. The fourth-order valence-corrected chi connectivity index (χ4v) is 2.16. The molecule has 2 aromatic carbocycles. The molecule has 0 unspecified atom stereocenters. The van der Waals surface area contributed by atoms with E-state index in [4.69, 9.17) is 5.73 Å². The molecule has 7 nitrogen and oxygen atoms in total. The molecule has 0 aromatic heterocycles. The van der Waals surface area contributed by atoms with Crippen molar-refractivity contribution < 1.29 is 20.2 Å². The minimum atomic E-state index is -0.994. The average Bonchev–Trinajstić information content (AvgIpc) is 2.49. The third-order valence-electron chi connectivity index (χ3n) is 3.38. The number of nitro benzene ring substituents is 1. The summed E-state index contributed by atoms with van der Waals surface area (Å²) in [6.45, 7) is 0. The maximum atomic E-state index is 10.8. The molecule has 2 aromatic rings. The average molecular weight is 304 g/mol. The van der Waals surface area contributed by atoms with Gasteiger partial charge in [0.2, 0.25) is 5.75 Å². The number of nitrogens with two attached hydrogens (primary N) is 1. The fourth-order valence-electron chi connectivity index (χ4n) is 2.16. The SMILES string of the molecule is N[C@H](c1cc(O)c(O)c([N+](=O)[O-])c1)[C@@H](O)Cc1ccccc1. The van der Waals surface area contributed by atoms with Crippen LogP contribution in [0.15, 0.2) is 42.5 Å². The van der Waals surface area contributed by atoms with Gasteiger partial charge in [0, 0.05) is 12.5 Å². The third-order valence-corrected chi connectivity index (χ3v) is 3.38. The molecule has 0 aliphatic rings. The molecule has 5 N–H and O–H groups in total. The van der Waals surface area contributed by atoms with Gasteiger partial charge in [0.05, 0.1) is 17.1 Å². The molecule has 0 heterocycles. The minimum absolute atomic E-state index is 0.172. The van der Waals surface area contributed by atoms with Crippen LogP contribution in [0.3, 0.4) is 0 Å². The van der Waals surface area contributed by atoms with Crippen molar-refractivity contribution in [3.05, 3.63) is 63.7 Å². The molecule has 0 spiro atoms. The molecule has 0 aliphatic heterocycles. The standard InChI is InChI=1S/C15H16N2O5/c16-14(12(18)6-9-4-2-1-3-5-9)10-7-11(17(21)22)15(20)13(19)8-10/h1-5,7-8,12,14,18-20H,6,16H2/t12-,14+/m0/s1. The zero-order valence-electron chi connectivity index (χ0n) is 11.6. The maximum Gasteiger partial charge on any atom is 0.314 e. The number of benzene rings is 2. The summed E-state index contributed by atoms with van der Waals surface area (Å²) in [7, 11) is 0. The van der Waals surface area contributed by atoms with Gasteiger partial charge < -0.3 is 21.1 Å². The fraction of sp³-hybridized carbons (Fsp3) is 0.200.